The van der Waals surface area contributed by atoms with Crippen LogP contribution in [0.25, 0.3) is 0 Å². The molecule has 5 heteroatoms. The van der Waals surface area contributed by atoms with E-state index in [1.165, 1.54) is 0 Å². The van der Waals surface area contributed by atoms with Gasteiger partial charge in [0, 0.05) is 25.2 Å². The second kappa shape index (κ2) is 5.98. The predicted molar refractivity (Wildman–Crippen MR) is 58.7 cm³/mol. The Kier molecular flexibility index (Phi) is 4.56. The molecule has 0 spiro atoms. The molecule has 0 saturated heterocycles. The van der Waals surface area contributed by atoms with Crippen molar-refractivity contribution < 1.29 is 5.21 Å². The number of hydrogen-bond donors (Lipinski definition) is 3. The molecule has 0 atom stereocenters. The number of rotatable bonds is 5. The smallest absolute Gasteiger partial charge is 0.140 e. The fraction of sp³-hybridized carbons (Fsp3) is 0.400. The molecule has 82 valence electrons. The van der Waals surface area contributed by atoms with Crippen LogP contribution < -0.4 is 11.1 Å². The van der Waals surface area contributed by atoms with Crippen molar-refractivity contribution in [1.82, 2.24) is 10.3 Å². The van der Waals surface area contributed by atoms with Crippen molar-refractivity contribution >= 4 is 5.84 Å². The molecule has 0 aliphatic heterocycles. The first kappa shape index (κ1) is 11.5. The number of hydrogen-bond acceptors (Lipinski definition) is 4. The number of nitrogens with zero attached hydrogens (tertiary/aromatic N) is 2. The minimum absolute atomic E-state index is 0.236. The van der Waals surface area contributed by atoms with Gasteiger partial charge in [0.05, 0.1) is 5.69 Å². The zero-order valence-corrected chi connectivity index (χ0v) is 8.77. The molecule has 0 amide bonds. The van der Waals surface area contributed by atoms with Gasteiger partial charge in [0.2, 0.25) is 0 Å². The third-order valence-corrected chi connectivity index (χ3v) is 1.94. The van der Waals surface area contributed by atoms with Gasteiger partial charge in [0.15, 0.2) is 0 Å². The van der Waals surface area contributed by atoms with Crippen LogP contribution in [0.15, 0.2) is 23.4 Å². The van der Waals surface area contributed by atoms with Crippen molar-refractivity contribution in [1.29, 1.82) is 0 Å². The number of aryl methyl sites for hydroxylation is 1. The highest BCUT2D eigenvalue weighted by Crippen LogP contribution is 1.97. The van der Waals surface area contributed by atoms with E-state index in [-0.39, 0.29) is 5.84 Å². The number of oxime groups is 1. The maximum Gasteiger partial charge on any atom is 0.140 e. The zero-order chi connectivity index (χ0) is 11.1. The van der Waals surface area contributed by atoms with Crippen LogP contribution >= 0.6 is 0 Å². The molecule has 0 saturated carbocycles. The standard InChI is InChI=1S/C10H16N4O/c1-8-3-2-4-9(13-8)7-12-6-5-10(11)14-15/h2-4,12,15H,5-7H2,1H3,(H2,11,14). The highest BCUT2D eigenvalue weighted by molar-refractivity contribution is 5.79. The average Bonchev–Trinajstić information content (AvgIpc) is 2.24. The summed E-state index contributed by atoms with van der Waals surface area (Å²) >= 11 is 0. The summed E-state index contributed by atoms with van der Waals surface area (Å²) in [7, 11) is 0. The lowest BCUT2D eigenvalue weighted by molar-refractivity contribution is 0.316. The van der Waals surface area contributed by atoms with Crippen LogP contribution in [0.1, 0.15) is 17.8 Å². The summed E-state index contributed by atoms with van der Waals surface area (Å²) < 4.78 is 0. The highest BCUT2D eigenvalue weighted by Gasteiger charge is 1.95. The van der Waals surface area contributed by atoms with Gasteiger partial charge in [0.1, 0.15) is 5.84 Å². The third-order valence-electron chi connectivity index (χ3n) is 1.94. The van der Waals surface area contributed by atoms with Crippen molar-refractivity contribution in [2.45, 2.75) is 19.9 Å². The van der Waals surface area contributed by atoms with Gasteiger partial charge in [-0.05, 0) is 19.1 Å². The Morgan fingerprint density at radius 2 is 2.40 bits per heavy atom. The van der Waals surface area contributed by atoms with Gasteiger partial charge >= 0.3 is 0 Å². The van der Waals surface area contributed by atoms with Crippen LogP contribution in [0.5, 0.6) is 0 Å². The predicted octanol–water partition coefficient (Wildman–Crippen LogP) is 0.616. The molecule has 1 rings (SSSR count). The molecule has 5 nitrogen and oxygen atoms in total. The number of amidine groups is 1. The quantitative estimate of drug-likeness (QED) is 0.218. The lowest BCUT2D eigenvalue weighted by Crippen LogP contribution is -2.22. The van der Waals surface area contributed by atoms with Crippen molar-refractivity contribution in [3.05, 3.63) is 29.6 Å². The highest BCUT2D eigenvalue weighted by atomic mass is 16.4. The van der Waals surface area contributed by atoms with Crippen LogP contribution in [-0.2, 0) is 6.54 Å². The second-order valence-electron chi connectivity index (χ2n) is 3.29. The Balaban J connectivity index is 2.26. The lowest BCUT2D eigenvalue weighted by atomic mass is 10.3. The fourth-order valence-electron chi connectivity index (χ4n) is 1.18. The third kappa shape index (κ3) is 4.42. The van der Waals surface area contributed by atoms with Gasteiger partial charge in [-0.3, -0.25) is 4.98 Å². The van der Waals surface area contributed by atoms with Gasteiger partial charge in [-0.2, -0.15) is 0 Å². The van der Waals surface area contributed by atoms with E-state index in [1.54, 1.807) is 0 Å². The van der Waals surface area contributed by atoms with Gasteiger partial charge in [-0.1, -0.05) is 11.2 Å². The monoisotopic (exact) mass is 208 g/mol. The summed E-state index contributed by atoms with van der Waals surface area (Å²) in [4.78, 5) is 4.34. The molecule has 0 aromatic carbocycles. The molecule has 0 bridgehead atoms. The van der Waals surface area contributed by atoms with Crippen LogP contribution in [0, 0.1) is 6.92 Å². The molecule has 15 heavy (non-hydrogen) atoms. The summed E-state index contributed by atoms with van der Waals surface area (Å²) in [6, 6.07) is 5.90. The summed E-state index contributed by atoms with van der Waals surface area (Å²) in [5, 5.41) is 14.4. The summed E-state index contributed by atoms with van der Waals surface area (Å²) in [5.74, 6) is 0.236. The van der Waals surface area contributed by atoms with E-state index in [4.69, 9.17) is 10.9 Å². The van der Waals surface area contributed by atoms with E-state index in [9.17, 15) is 0 Å². The summed E-state index contributed by atoms with van der Waals surface area (Å²) in [6.45, 7) is 3.33. The van der Waals surface area contributed by atoms with Crippen LogP contribution in [0.4, 0.5) is 0 Å². The van der Waals surface area contributed by atoms with Crippen molar-refractivity contribution in [2.75, 3.05) is 6.54 Å². The molecule has 0 unspecified atom stereocenters. The van der Waals surface area contributed by atoms with Crippen molar-refractivity contribution in [3.63, 3.8) is 0 Å². The molecule has 1 aromatic rings. The Morgan fingerprint density at radius 1 is 1.60 bits per heavy atom. The SMILES string of the molecule is Cc1cccc(CNCCC(N)=NO)n1. The van der Waals surface area contributed by atoms with E-state index >= 15 is 0 Å². The molecule has 0 fully saturated rings. The average molecular weight is 208 g/mol. The largest absolute Gasteiger partial charge is 0.409 e. The molecular weight excluding hydrogens is 192 g/mol. The molecule has 0 aliphatic carbocycles. The van der Waals surface area contributed by atoms with Gasteiger partial charge in [-0.15, -0.1) is 0 Å². The normalized spacial score (nSPS) is 11.7. The Labute approximate surface area is 89.0 Å². The molecule has 4 N–H and O–H groups in total. The van der Waals surface area contributed by atoms with E-state index in [1.807, 2.05) is 25.1 Å². The zero-order valence-electron chi connectivity index (χ0n) is 8.77. The van der Waals surface area contributed by atoms with Crippen molar-refractivity contribution in [2.24, 2.45) is 10.9 Å². The number of nitrogens with one attached hydrogen (secondary N) is 1. The number of pyridine rings is 1. The Morgan fingerprint density at radius 3 is 3.07 bits per heavy atom. The molecule has 0 aliphatic rings. The minimum Gasteiger partial charge on any atom is -0.409 e. The number of nitrogens with two attached hydrogens (primary N) is 1. The topological polar surface area (TPSA) is 83.5 Å². The Hall–Kier alpha value is -1.62. The van der Waals surface area contributed by atoms with Crippen molar-refractivity contribution in [3.8, 4) is 0 Å². The molecule has 1 heterocycles. The van der Waals surface area contributed by atoms with Gasteiger partial charge in [-0.25, -0.2) is 0 Å². The van der Waals surface area contributed by atoms with Crippen LogP contribution in [0.3, 0.4) is 0 Å². The first-order chi connectivity index (χ1) is 7.22. The first-order valence-corrected chi connectivity index (χ1v) is 4.82. The van der Waals surface area contributed by atoms with E-state index in [0.29, 0.717) is 19.5 Å². The molecule has 0 radical (unpaired) electrons. The van der Waals surface area contributed by atoms with Crippen LogP contribution in [0.2, 0.25) is 0 Å². The van der Waals surface area contributed by atoms with Gasteiger partial charge < -0.3 is 16.3 Å². The second-order valence-corrected chi connectivity index (χ2v) is 3.29. The maximum atomic E-state index is 8.31. The Bertz CT molecular complexity index is 338. The lowest BCUT2D eigenvalue weighted by Gasteiger charge is -2.04. The van der Waals surface area contributed by atoms with Gasteiger partial charge in [0.25, 0.3) is 0 Å². The first-order valence-electron chi connectivity index (χ1n) is 4.82. The van der Waals surface area contributed by atoms with E-state index in [2.05, 4.69) is 15.5 Å². The maximum absolute atomic E-state index is 8.31. The number of aromatic nitrogens is 1. The summed E-state index contributed by atoms with van der Waals surface area (Å²) in [6.07, 6.45) is 0.530. The molecular formula is C10H16N4O. The minimum atomic E-state index is 0.236. The molecule has 1 aromatic heterocycles. The fourth-order valence-corrected chi connectivity index (χ4v) is 1.18. The van der Waals surface area contributed by atoms with E-state index < -0.39 is 0 Å². The van der Waals surface area contributed by atoms with Crippen LogP contribution in [-0.4, -0.2) is 22.6 Å². The summed E-state index contributed by atoms with van der Waals surface area (Å²) in [5.41, 5.74) is 7.32. The van der Waals surface area contributed by atoms with E-state index in [0.717, 1.165) is 11.4 Å².